The maximum atomic E-state index is 12.4. The summed E-state index contributed by atoms with van der Waals surface area (Å²) in [5.74, 6) is 0.631. The predicted molar refractivity (Wildman–Crippen MR) is 80.4 cm³/mol. The van der Waals surface area contributed by atoms with E-state index in [9.17, 15) is 4.79 Å². The smallest absolute Gasteiger partial charge is 0.410 e. The number of rotatable bonds is 4. The van der Waals surface area contributed by atoms with Gasteiger partial charge in [0.25, 0.3) is 0 Å². The lowest BCUT2D eigenvalue weighted by atomic mass is 10.1. The Morgan fingerprint density at radius 2 is 1.90 bits per heavy atom. The zero-order valence-electron chi connectivity index (χ0n) is 12.9. The highest BCUT2D eigenvalue weighted by molar-refractivity contribution is 5.68. The fraction of sp³-hybridized carbons (Fsp3) is 0.588. The SMILES string of the molecule is CC(C1CC1)N(Cc1ccccc1)C(=O)OC(C)(C)C. The predicted octanol–water partition coefficient (Wildman–Crippen LogP) is 4.22. The van der Waals surface area contributed by atoms with Gasteiger partial charge in [-0.1, -0.05) is 30.3 Å². The van der Waals surface area contributed by atoms with Gasteiger partial charge < -0.3 is 9.64 Å². The first kappa shape index (κ1) is 14.9. The van der Waals surface area contributed by atoms with Crippen LogP contribution in [0.25, 0.3) is 0 Å². The maximum Gasteiger partial charge on any atom is 0.410 e. The molecule has 1 aromatic carbocycles. The molecular formula is C17H25NO2. The molecule has 0 aliphatic heterocycles. The monoisotopic (exact) mass is 275 g/mol. The topological polar surface area (TPSA) is 29.5 Å². The minimum atomic E-state index is -0.449. The molecule has 0 bridgehead atoms. The van der Waals surface area contributed by atoms with E-state index in [2.05, 4.69) is 19.1 Å². The van der Waals surface area contributed by atoms with E-state index in [1.54, 1.807) is 0 Å². The van der Waals surface area contributed by atoms with Crippen LogP contribution in [0.5, 0.6) is 0 Å². The molecule has 1 saturated carbocycles. The highest BCUT2D eigenvalue weighted by atomic mass is 16.6. The first-order chi connectivity index (χ1) is 9.37. The molecule has 1 amide bonds. The third-order valence-corrected chi connectivity index (χ3v) is 3.62. The van der Waals surface area contributed by atoms with Crippen molar-refractivity contribution in [3.8, 4) is 0 Å². The molecule has 20 heavy (non-hydrogen) atoms. The minimum Gasteiger partial charge on any atom is -0.444 e. The number of carbonyl (C=O) groups is 1. The molecule has 0 spiro atoms. The van der Waals surface area contributed by atoms with Gasteiger partial charge in [0, 0.05) is 12.6 Å². The fourth-order valence-electron chi connectivity index (χ4n) is 2.31. The van der Waals surface area contributed by atoms with Crippen molar-refractivity contribution in [2.75, 3.05) is 0 Å². The normalized spacial score (nSPS) is 16.6. The van der Waals surface area contributed by atoms with Crippen molar-refractivity contribution in [1.29, 1.82) is 0 Å². The lowest BCUT2D eigenvalue weighted by Crippen LogP contribution is -2.42. The van der Waals surface area contributed by atoms with E-state index in [-0.39, 0.29) is 12.1 Å². The van der Waals surface area contributed by atoms with Crippen molar-refractivity contribution in [3.05, 3.63) is 35.9 Å². The molecule has 0 heterocycles. The molecule has 1 aliphatic carbocycles. The van der Waals surface area contributed by atoms with Gasteiger partial charge in [0.1, 0.15) is 5.60 Å². The number of nitrogens with zero attached hydrogens (tertiary/aromatic N) is 1. The molecule has 0 saturated heterocycles. The largest absolute Gasteiger partial charge is 0.444 e. The van der Waals surface area contributed by atoms with E-state index < -0.39 is 5.60 Å². The number of hydrogen-bond acceptors (Lipinski definition) is 2. The Bertz CT molecular complexity index is 446. The summed E-state index contributed by atoms with van der Waals surface area (Å²) >= 11 is 0. The Labute approximate surface area is 121 Å². The molecule has 1 atom stereocenters. The Kier molecular flexibility index (Phi) is 4.36. The second-order valence-electron chi connectivity index (χ2n) is 6.67. The number of ether oxygens (including phenoxy) is 1. The van der Waals surface area contributed by atoms with Gasteiger partial charge in [-0.05, 0) is 52.0 Å². The summed E-state index contributed by atoms with van der Waals surface area (Å²) in [6, 6.07) is 10.3. The summed E-state index contributed by atoms with van der Waals surface area (Å²) in [4.78, 5) is 14.3. The number of hydrogen-bond donors (Lipinski definition) is 0. The highest BCUT2D eigenvalue weighted by Gasteiger charge is 2.36. The Morgan fingerprint density at radius 3 is 2.40 bits per heavy atom. The van der Waals surface area contributed by atoms with Gasteiger partial charge >= 0.3 is 6.09 Å². The van der Waals surface area contributed by atoms with Crippen LogP contribution in [-0.2, 0) is 11.3 Å². The lowest BCUT2D eigenvalue weighted by Gasteiger charge is -2.32. The van der Waals surface area contributed by atoms with Gasteiger partial charge in [0.05, 0.1) is 0 Å². The van der Waals surface area contributed by atoms with Crippen LogP contribution >= 0.6 is 0 Å². The molecule has 1 aromatic rings. The molecule has 0 N–H and O–H groups in total. The van der Waals surface area contributed by atoms with Crippen molar-refractivity contribution >= 4 is 6.09 Å². The Balaban J connectivity index is 2.10. The van der Waals surface area contributed by atoms with E-state index in [0.29, 0.717) is 12.5 Å². The average molecular weight is 275 g/mol. The van der Waals surface area contributed by atoms with Crippen LogP contribution < -0.4 is 0 Å². The van der Waals surface area contributed by atoms with Crippen LogP contribution in [0.3, 0.4) is 0 Å². The van der Waals surface area contributed by atoms with Gasteiger partial charge in [-0.25, -0.2) is 4.79 Å². The minimum absolute atomic E-state index is 0.208. The molecule has 0 aromatic heterocycles. The Hall–Kier alpha value is -1.51. The van der Waals surface area contributed by atoms with Crippen molar-refractivity contribution in [3.63, 3.8) is 0 Å². The maximum absolute atomic E-state index is 12.4. The third-order valence-electron chi connectivity index (χ3n) is 3.62. The quantitative estimate of drug-likeness (QED) is 0.823. The molecule has 1 unspecified atom stereocenters. The van der Waals surface area contributed by atoms with Crippen molar-refractivity contribution in [1.82, 2.24) is 4.90 Å². The van der Waals surface area contributed by atoms with Gasteiger partial charge in [-0.3, -0.25) is 0 Å². The molecule has 2 rings (SSSR count). The van der Waals surface area contributed by atoms with Crippen LogP contribution in [0.15, 0.2) is 30.3 Å². The standard InChI is InChI=1S/C17H25NO2/c1-13(15-10-11-15)18(16(19)20-17(2,3)4)12-14-8-6-5-7-9-14/h5-9,13,15H,10-12H2,1-4H3. The van der Waals surface area contributed by atoms with Crippen LogP contribution in [0.1, 0.15) is 46.1 Å². The van der Waals surface area contributed by atoms with E-state index in [1.165, 1.54) is 12.8 Å². The zero-order chi connectivity index (χ0) is 14.8. The summed E-state index contributed by atoms with van der Waals surface area (Å²) < 4.78 is 5.56. The molecule has 110 valence electrons. The summed E-state index contributed by atoms with van der Waals surface area (Å²) in [6.07, 6.45) is 2.23. The number of amides is 1. The van der Waals surface area contributed by atoms with Crippen LogP contribution in [0.4, 0.5) is 4.79 Å². The molecule has 3 heteroatoms. The Morgan fingerprint density at radius 1 is 1.30 bits per heavy atom. The van der Waals surface area contributed by atoms with E-state index in [4.69, 9.17) is 4.74 Å². The first-order valence-electron chi connectivity index (χ1n) is 7.40. The van der Waals surface area contributed by atoms with Gasteiger partial charge in [-0.15, -0.1) is 0 Å². The number of benzene rings is 1. The van der Waals surface area contributed by atoms with Crippen LogP contribution in [0.2, 0.25) is 0 Å². The molecule has 1 aliphatic rings. The van der Waals surface area contributed by atoms with E-state index in [0.717, 1.165) is 5.56 Å². The third kappa shape index (κ3) is 4.26. The van der Waals surface area contributed by atoms with Gasteiger partial charge in [0.15, 0.2) is 0 Å². The summed E-state index contributed by atoms with van der Waals surface area (Å²) in [5.41, 5.74) is 0.695. The fourth-order valence-corrected chi connectivity index (χ4v) is 2.31. The lowest BCUT2D eigenvalue weighted by molar-refractivity contribution is 0.0134. The summed E-state index contributed by atoms with van der Waals surface area (Å²) in [7, 11) is 0. The highest BCUT2D eigenvalue weighted by Crippen LogP contribution is 2.36. The summed E-state index contributed by atoms with van der Waals surface area (Å²) in [5, 5.41) is 0. The van der Waals surface area contributed by atoms with E-state index >= 15 is 0 Å². The number of carbonyl (C=O) groups excluding carboxylic acids is 1. The van der Waals surface area contributed by atoms with Gasteiger partial charge in [0.2, 0.25) is 0 Å². The first-order valence-corrected chi connectivity index (χ1v) is 7.40. The summed E-state index contributed by atoms with van der Waals surface area (Å²) in [6.45, 7) is 8.48. The van der Waals surface area contributed by atoms with Crippen molar-refractivity contribution in [2.24, 2.45) is 5.92 Å². The molecule has 1 fully saturated rings. The van der Waals surface area contributed by atoms with E-state index in [1.807, 2.05) is 43.9 Å². The average Bonchev–Trinajstić information content (AvgIpc) is 3.18. The van der Waals surface area contributed by atoms with Crippen molar-refractivity contribution < 1.29 is 9.53 Å². The van der Waals surface area contributed by atoms with Crippen LogP contribution in [0, 0.1) is 5.92 Å². The van der Waals surface area contributed by atoms with Crippen LogP contribution in [-0.4, -0.2) is 22.6 Å². The molecule has 0 radical (unpaired) electrons. The van der Waals surface area contributed by atoms with Crippen molar-refractivity contribution in [2.45, 2.75) is 58.7 Å². The molecule has 3 nitrogen and oxygen atoms in total. The zero-order valence-corrected chi connectivity index (χ0v) is 12.9. The second-order valence-corrected chi connectivity index (χ2v) is 6.67. The van der Waals surface area contributed by atoms with Gasteiger partial charge in [-0.2, -0.15) is 0 Å². The second kappa shape index (κ2) is 5.86. The molecular weight excluding hydrogens is 250 g/mol.